The standard InChI is InChI=1S/C31H34FN3O5Si/c1-19-28(41(3,4)32)27(14-15-36)40-31(19)24-17-22(39-2)12-13-26(24)34(30(31)38)18-20-8-7-9-21(16-20)35-29(37)23-10-5-6-11-25(23)33-35/h5-13,16-17,19,27-28,33,36H,14-15,18H2,1-4H3/t19-,27+,28-,31+/m1/s1. The van der Waals surface area contributed by atoms with Crippen LogP contribution in [0.1, 0.15) is 24.5 Å². The molecule has 2 aliphatic heterocycles. The van der Waals surface area contributed by atoms with Crippen LogP contribution in [0.4, 0.5) is 9.80 Å². The summed E-state index contributed by atoms with van der Waals surface area (Å²) in [4.78, 5) is 29.2. The molecule has 8 nitrogen and oxygen atoms in total. The first kappa shape index (κ1) is 27.4. The zero-order chi connectivity index (χ0) is 29.1. The Morgan fingerprint density at radius 1 is 1.10 bits per heavy atom. The summed E-state index contributed by atoms with van der Waals surface area (Å²) in [5.41, 5.74) is 1.51. The Hall–Kier alpha value is -3.73. The first-order valence-corrected chi connectivity index (χ1v) is 16.8. The van der Waals surface area contributed by atoms with Crippen molar-refractivity contribution in [2.45, 2.75) is 50.2 Å². The van der Waals surface area contributed by atoms with Gasteiger partial charge in [-0.25, -0.2) is 4.68 Å². The van der Waals surface area contributed by atoms with Gasteiger partial charge in [0.25, 0.3) is 11.5 Å². The maximum atomic E-state index is 15.8. The van der Waals surface area contributed by atoms with E-state index in [0.717, 1.165) is 11.1 Å². The van der Waals surface area contributed by atoms with Gasteiger partial charge in [0.05, 0.1) is 42.0 Å². The normalized spacial score (nSPS) is 24.0. The average molecular weight is 576 g/mol. The molecular formula is C31H34FN3O5Si. The smallest absolute Gasteiger partial charge is 0.279 e. The van der Waals surface area contributed by atoms with Gasteiger partial charge in [-0.15, -0.1) is 0 Å². The number of fused-ring (bicyclic) bond motifs is 3. The fourth-order valence-electron chi connectivity index (χ4n) is 6.92. The maximum absolute atomic E-state index is 15.8. The highest BCUT2D eigenvalue weighted by Crippen LogP contribution is 2.60. The molecule has 2 aliphatic rings. The van der Waals surface area contributed by atoms with Crippen LogP contribution in [-0.2, 0) is 21.7 Å². The minimum Gasteiger partial charge on any atom is -0.497 e. The number of anilines is 1. The molecule has 0 radical (unpaired) electrons. The summed E-state index contributed by atoms with van der Waals surface area (Å²) < 4.78 is 29.4. The van der Waals surface area contributed by atoms with Gasteiger partial charge in [-0.3, -0.25) is 14.7 Å². The van der Waals surface area contributed by atoms with Gasteiger partial charge in [-0.2, -0.15) is 0 Å². The molecule has 10 heteroatoms. The van der Waals surface area contributed by atoms with Gasteiger partial charge >= 0.3 is 0 Å². The Morgan fingerprint density at radius 2 is 1.88 bits per heavy atom. The molecule has 214 valence electrons. The van der Waals surface area contributed by atoms with Crippen LogP contribution in [0.3, 0.4) is 0 Å². The molecule has 1 aromatic heterocycles. The van der Waals surface area contributed by atoms with Crippen molar-refractivity contribution >= 4 is 30.9 Å². The third-order valence-corrected chi connectivity index (χ3v) is 11.1. The number of carbonyl (C=O) groups is 1. The van der Waals surface area contributed by atoms with E-state index in [-0.39, 0.29) is 31.0 Å². The second-order valence-electron chi connectivity index (χ2n) is 11.5. The third kappa shape index (κ3) is 4.24. The van der Waals surface area contributed by atoms with E-state index in [9.17, 15) is 14.7 Å². The summed E-state index contributed by atoms with van der Waals surface area (Å²) >= 11 is 0. The number of halogens is 1. The topological polar surface area (TPSA) is 96.8 Å². The fourth-order valence-corrected chi connectivity index (χ4v) is 9.47. The number of hydrogen-bond acceptors (Lipinski definition) is 5. The number of amides is 1. The Balaban J connectivity index is 1.42. The average Bonchev–Trinajstić information content (AvgIpc) is 3.53. The summed E-state index contributed by atoms with van der Waals surface area (Å²) in [6.07, 6.45) is -0.327. The van der Waals surface area contributed by atoms with Gasteiger partial charge in [-0.05, 0) is 67.5 Å². The lowest BCUT2D eigenvalue weighted by Gasteiger charge is -2.31. The maximum Gasteiger partial charge on any atom is 0.279 e. The molecule has 1 amide bonds. The summed E-state index contributed by atoms with van der Waals surface area (Å²) in [5, 5.41) is 13.5. The van der Waals surface area contributed by atoms with E-state index in [4.69, 9.17) is 9.47 Å². The molecule has 0 aliphatic carbocycles. The largest absolute Gasteiger partial charge is 0.497 e. The highest BCUT2D eigenvalue weighted by molar-refractivity contribution is 6.72. The van der Waals surface area contributed by atoms with E-state index in [1.54, 1.807) is 37.2 Å². The first-order chi connectivity index (χ1) is 19.6. The number of nitrogens with one attached hydrogen (secondary N) is 1. The lowest BCUT2D eigenvalue weighted by molar-refractivity contribution is -0.146. The molecule has 0 saturated carbocycles. The molecule has 2 N–H and O–H groups in total. The molecule has 1 fully saturated rings. The number of benzene rings is 3. The Morgan fingerprint density at radius 3 is 2.59 bits per heavy atom. The number of H-pyrrole nitrogens is 1. The molecule has 4 aromatic rings. The molecule has 1 spiro atoms. The van der Waals surface area contributed by atoms with Crippen LogP contribution in [0, 0.1) is 5.92 Å². The van der Waals surface area contributed by atoms with Crippen molar-refractivity contribution in [1.82, 2.24) is 9.78 Å². The number of ether oxygens (including phenoxy) is 2. The van der Waals surface area contributed by atoms with Crippen LogP contribution < -0.4 is 15.2 Å². The molecule has 41 heavy (non-hydrogen) atoms. The highest BCUT2D eigenvalue weighted by atomic mass is 28.4. The molecule has 1 saturated heterocycles. The first-order valence-electron chi connectivity index (χ1n) is 13.9. The lowest BCUT2D eigenvalue weighted by Crippen LogP contribution is -2.45. The quantitative estimate of drug-likeness (QED) is 0.238. The summed E-state index contributed by atoms with van der Waals surface area (Å²) in [6, 6.07) is 20.3. The van der Waals surface area contributed by atoms with E-state index in [1.807, 2.05) is 61.5 Å². The SMILES string of the molecule is COc1ccc2c(c1)[C@]1(O[C@@H](CCO)[C@H]([Si](C)(C)F)[C@H]1C)C(=O)N2Cc1cccc(-n2[nH]c3ccccc3c2=O)c1. The van der Waals surface area contributed by atoms with Gasteiger partial charge in [0.15, 0.2) is 5.60 Å². The second-order valence-corrected chi connectivity index (χ2v) is 15.3. The van der Waals surface area contributed by atoms with Crippen molar-refractivity contribution in [1.29, 1.82) is 0 Å². The number of para-hydroxylation sites is 1. The van der Waals surface area contributed by atoms with Crippen LogP contribution in [0.15, 0.2) is 71.5 Å². The van der Waals surface area contributed by atoms with Gasteiger partial charge in [0, 0.05) is 23.6 Å². The van der Waals surface area contributed by atoms with Crippen molar-refractivity contribution in [3.63, 3.8) is 0 Å². The molecule has 4 atom stereocenters. The Kier molecular flexibility index (Phi) is 6.67. The van der Waals surface area contributed by atoms with E-state index in [2.05, 4.69) is 5.10 Å². The Bertz CT molecular complexity index is 1700. The van der Waals surface area contributed by atoms with Crippen molar-refractivity contribution in [3.8, 4) is 11.4 Å². The van der Waals surface area contributed by atoms with Gasteiger partial charge in [0.2, 0.25) is 8.41 Å². The number of aromatic nitrogens is 2. The summed E-state index contributed by atoms with van der Waals surface area (Å²) in [7, 11) is -1.72. The number of aliphatic hydroxyl groups excluding tert-OH is 1. The highest BCUT2D eigenvalue weighted by Gasteiger charge is 2.66. The van der Waals surface area contributed by atoms with Crippen molar-refractivity contribution in [2.24, 2.45) is 5.92 Å². The minimum atomic E-state index is -3.29. The number of carbonyl (C=O) groups excluding carboxylic acids is 1. The number of nitrogens with zero attached hydrogens (tertiary/aromatic N) is 2. The van der Waals surface area contributed by atoms with E-state index < -0.39 is 31.6 Å². The van der Waals surface area contributed by atoms with Crippen molar-refractivity contribution in [3.05, 3.63) is 88.2 Å². The zero-order valence-electron chi connectivity index (χ0n) is 23.6. The number of methoxy groups -OCH3 is 1. The van der Waals surface area contributed by atoms with Crippen LogP contribution in [0.25, 0.3) is 16.6 Å². The molecule has 6 rings (SSSR count). The van der Waals surface area contributed by atoms with E-state index >= 15 is 4.11 Å². The summed E-state index contributed by atoms with van der Waals surface area (Å²) in [6.45, 7) is 5.25. The molecule has 3 heterocycles. The van der Waals surface area contributed by atoms with Gasteiger partial charge in [0.1, 0.15) is 5.75 Å². The second kappa shape index (κ2) is 9.97. The fraction of sp³-hybridized carbons (Fsp3) is 0.355. The van der Waals surface area contributed by atoms with E-state index in [1.165, 1.54) is 4.68 Å². The van der Waals surface area contributed by atoms with Crippen LogP contribution in [0.2, 0.25) is 18.6 Å². The number of aliphatic hydroxyl groups is 1. The zero-order valence-corrected chi connectivity index (χ0v) is 24.6. The van der Waals surface area contributed by atoms with Crippen LogP contribution in [0.5, 0.6) is 5.75 Å². The van der Waals surface area contributed by atoms with E-state index in [0.29, 0.717) is 28.1 Å². The van der Waals surface area contributed by atoms with Crippen molar-refractivity contribution < 1.29 is 23.5 Å². The van der Waals surface area contributed by atoms with Gasteiger partial charge < -0.3 is 23.6 Å². The van der Waals surface area contributed by atoms with Crippen LogP contribution >= 0.6 is 0 Å². The van der Waals surface area contributed by atoms with Crippen molar-refractivity contribution in [2.75, 3.05) is 18.6 Å². The number of aromatic amines is 1. The van der Waals surface area contributed by atoms with Crippen LogP contribution in [-0.4, -0.2) is 49.0 Å². The monoisotopic (exact) mass is 575 g/mol. The predicted molar refractivity (Wildman–Crippen MR) is 158 cm³/mol. The molecular weight excluding hydrogens is 541 g/mol. The molecule has 0 bridgehead atoms. The van der Waals surface area contributed by atoms with Gasteiger partial charge in [-0.1, -0.05) is 31.2 Å². The minimum absolute atomic E-state index is 0.154. The third-order valence-electron chi connectivity index (χ3n) is 8.68. The number of rotatable bonds is 7. The molecule has 0 unspecified atom stereocenters. The number of hydrogen-bond donors (Lipinski definition) is 2. The molecule has 3 aromatic carbocycles. The predicted octanol–water partition coefficient (Wildman–Crippen LogP) is 5.03. The Labute approximate surface area is 238 Å². The lowest BCUT2D eigenvalue weighted by atomic mass is 9.82. The summed E-state index contributed by atoms with van der Waals surface area (Å²) in [5.74, 6) is -0.136.